The van der Waals surface area contributed by atoms with E-state index in [4.69, 9.17) is 4.74 Å². The zero-order chi connectivity index (χ0) is 13.0. The van der Waals surface area contributed by atoms with Crippen molar-refractivity contribution < 1.29 is 9.84 Å². The predicted molar refractivity (Wildman–Crippen MR) is 75.9 cm³/mol. The number of hydrogen-bond acceptors (Lipinski definition) is 3. The van der Waals surface area contributed by atoms with E-state index in [1.54, 1.807) is 0 Å². The number of aliphatic hydroxyl groups excluding tert-OH is 1. The summed E-state index contributed by atoms with van der Waals surface area (Å²) in [6, 6.07) is 8.32. The number of likely N-dealkylation sites (N-methyl/N-ethyl adjacent to an activating group) is 1. The molecule has 0 spiro atoms. The van der Waals surface area contributed by atoms with E-state index in [2.05, 4.69) is 27.9 Å². The highest BCUT2D eigenvalue weighted by Crippen LogP contribution is 2.23. The molecule has 100 valence electrons. The van der Waals surface area contributed by atoms with Gasteiger partial charge in [0.1, 0.15) is 18.5 Å². The van der Waals surface area contributed by atoms with Crippen LogP contribution in [0.5, 0.6) is 5.75 Å². The highest BCUT2D eigenvalue weighted by molar-refractivity contribution is 9.10. The summed E-state index contributed by atoms with van der Waals surface area (Å²) >= 11 is 3.38. The summed E-state index contributed by atoms with van der Waals surface area (Å²) in [6.07, 6.45) is 3.41. The van der Waals surface area contributed by atoms with Crippen molar-refractivity contribution in [1.29, 1.82) is 0 Å². The Kier molecular flexibility index (Phi) is 5.03. The van der Waals surface area contributed by atoms with E-state index in [0.29, 0.717) is 19.2 Å². The molecule has 1 aliphatic carbocycles. The Bertz CT molecular complexity index is 365. The summed E-state index contributed by atoms with van der Waals surface area (Å²) in [6.45, 7) is 1.03. The molecule has 1 aromatic rings. The van der Waals surface area contributed by atoms with Gasteiger partial charge in [0, 0.05) is 17.1 Å². The summed E-state index contributed by atoms with van der Waals surface area (Å²) in [5, 5.41) is 9.93. The summed E-state index contributed by atoms with van der Waals surface area (Å²) in [7, 11) is 2.08. The van der Waals surface area contributed by atoms with E-state index < -0.39 is 6.10 Å². The van der Waals surface area contributed by atoms with Crippen LogP contribution in [-0.2, 0) is 0 Å². The molecule has 1 N–H and O–H groups in total. The summed E-state index contributed by atoms with van der Waals surface area (Å²) in [4.78, 5) is 2.24. The molecule has 1 unspecified atom stereocenters. The molecule has 0 heterocycles. The molecule has 2 rings (SSSR count). The number of aliphatic hydroxyl groups is 1. The minimum Gasteiger partial charge on any atom is -0.491 e. The number of halogens is 1. The molecule has 18 heavy (non-hydrogen) atoms. The zero-order valence-electron chi connectivity index (χ0n) is 10.7. The standard InChI is InChI=1S/C14H20BrNO2/c1-16(12-3-2-4-12)9-13(17)10-18-14-7-5-11(15)6-8-14/h5-8,12-13,17H,2-4,9-10H2,1H3. The van der Waals surface area contributed by atoms with Crippen molar-refractivity contribution in [3.05, 3.63) is 28.7 Å². The average molecular weight is 314 g/mol. The van der Waals surface area contributed by atoms with E-state index in [1.807, 2.05) is 24.3 Å². The molecule has 1 aromatic carbocycles. The smallest absolute Gasteiger partial charge is 0.119 e. The van der Waals surface area contributed by atoms with Gasteiger partial charge in [-0.2, -0.15) is 0 Å². The molecule has 4 heteroatoms. The Morgan fingerprint density at radius 2 is 2.06 bits per heavy atom. The van der Waals surface area contributed by atoms with Crippen LogP contribution >= 0.6 is 15.9 Å². The van der Waals surface area contributed by atoms with Crippen LogP contribution in [0.1, 0.15) is 19.3 Å². The molecular formula is C14H20BrNO2. The van der Waals surface area contributed by atoms with Crippen molar-refractivity contribution >= 4 is 15.9 Å². The SMILES string of the molecule is CN(CC(O)COc1ccc(Br)cc1)C1CCC1. The monoisotopic (exact) mass is 313 g/mol. The fourth-order valence-electron chi connectivity index (χ4n) is 2.08. The first kappa shape index (κ1) is 13.8. The lowest BCUT2D eigenvalue weighted by molar-refractivity contribution is 0.0476. The number of rotatable bonds is 6. The van der Waals surface area contributed by atoms with Gasteiger partial charge in [-0.1, -0.05) is 22.4 Å². The Morgan fingerprint density at radius 3 is 2.61 bits per heavy atom. The second-order valence-corrected chi connectivity index (χ2v) is 5.86. The number of nitrogens with zero attached hydrogens (tertiary/aromatic N) is 1. The second kappa shape index (κ2) is 6.55. The van der Waals surface area contributed by atoms with Crippen molar-refractivity contribution in [2.75, 3.05) is 20.2 Å². The lowest BCUT2D eigenvalue weighted by Gasteiger charge is -2.35. The van der Waals surface area contributed by atoms with E-state index in [-0.39, 0.29) is 0 Å². The first-order valence-corrected chi connectivity index (χ1v) is 7.21. The van der Waals surface area contributed by atoms with Crippen LogP contribution in [0, 0.1) is 0 Å². The van der Waals surface area contributed by atoms with E-state index in [0.717, 1.165) is 10.2 Å². The number of hydrogen-bond donors (Lipinski definition) is 1. The average Bonchev–Trinajstić information content (AvgIpc) is 2.25. The Balaban J connectivity index is 1.70. The van der Waals surface area contributed by atoms with Crippen molar-refractivity contribution in [3.63, 3.8) is 0 Å². The molecule has 0 saturated heterocycles. The maximum Gasteiger partial charge on any atom is 0.119 e. The highest BCUT2D eigenvalue weighted by atomic mass is 79.9. The molecule has 1 saturated carbocycles. The third-order valence-corrected chi connectivity index (χ3v) is 3.98. The van der Waals surface area contributed by atoms with Crippen LogP contribution < -0.4 is 4.74 Å². The molecule has 1 fully saturated rings. The lowest BCUT2D eigenvalue weighted by Crippen LogP contribution is -2.42. The molecule has 0 amide bonds. The topological polar surface area (TPSA) is 32.7 Å². The second-order valence-electron chi connectivity index (χ2n) is 4.94. The van der Waals surface area contributed by atoms with Gasteiger partial charge in [0.05, 0.1) is 0 Å². The van der Waals surface area contributed by atoms with Gasteiger partial charge in [-0.05, 0) is 44.2 Å². The fraction of sp³-hybridized carbons (Fsp3) is 0.571. The third kappa shape index (κ3) is 3.97. The van der Waals surface area contributed by atoms with Gasteiger partial charge < -0.3 is 14.7 Å². The van der Waals surface area contributed by atoms with Crippen molar-refractivity contribution in [3.8, 4) is 5.75 Å². The molecule has 0 aromatic heterocycles. The van der Waals surface area contributed by atoms with Crippen molar-refractivity contribution in [1.82, 2.24) is 4.90 Å². The van der Waals surface area contributed by atoms with Gasteiger partial charge in [-0.15, -0.1) is 0 Å². The Hall–Kier alpha value is -0.580. The molecule has 3 nitrogen and oxygen atoms in total. The summed E-state index contributed by atoms with van der Waals surface area (Å²) < 4.78 is 6.59. The van der Waals surface area contributed by atoms with Gasteiger partial charge in [0.2, 0.25) is 0 Å². The van der Waals surface area contributed by atoms with E-state index in [9.17, 15) is 5.11 Å². The molecule has 0 radical (unpaired) electrons. The maximum atomic E-state index is 9.93. The van der Waals surface area contributed by atoms with Crippen LogP contribution in [0.3, 0.4) is 0 Å². The molecule has 1 aliphatic rings. The van der Waals surface area contributed by atoms with Crippen LogP contribution in [0.25, 0.3) is 0 Å². The molecule has 1 atom stereocenters. The Morgan fingerprint density at radius 1 is 1.39 bits per heavy atom. The van der Waals surface area contributed by atoms with Gasteiger partial charge in [-0.3, -0.25) is 0 Å². The van der Waals surface area contributed by atoms with Crippen LogP contribution in [0.15, 0.2) is 28.7 Å². The van der Waals surface area contributed by atoms with Gasteiger partial charge in [0.25, 0.3) is 0 Å². The van der Waals surface area contributed by atoms with Crippen LogP contribution in [0.2, 0.25) is 0 Å². The predicted octanol–water partition coefficient (Wildman–Crippen LogP) is 2.67. The van der Waals surface area contributed by atoms with Crippen molar-refractivity contribution in [2.45, 2.75) is 31.4 Å². The van der Waals surface area contributed by atoms with Gasteiger partial charge in [0.15, 0.2) is 0 Å². The molecular weight excluding hydrogens is 294 g/mol. The van der Waals surface area contributed by atoms with Gasteiger partial charge in [-0.25, -0.2) is 0 Å². The zero-order valence-corrected chi connectivity index (χ0v) is 12.3. The van der Waals surface area contributed by atoms with Crippen molar-refractivity contribution in [2.24, 2.45) is 0 Å². The highest BCUT2D eigenvalue weighted by Gasteiger charge is 2.23. The van der Waals surface area contributed by atoms with Crippen LogP contribution in [-0.4, -0.2) is 42.4 Å². The first-order chi connectivity index (χ1) is 8.65. The fourth-order valence-corrected chi connectivity index (χ4v) is 2.35. The van der Waals surface area contributed by atoms with E-state index in [1.165, 1.54) is 19.3 Å². The van der Waals surface area contributed by atoms with Gasteiger partial charge >= 0.3 is 0 Å². The normalized spacial score (nSPS) is 17.6. The minimum absolute atomic E-state index is 0.346. The maximum absolute atomic E-state index is 9.93. The summed E-state index contributed by atoms with van der Waals surface area (Å²) in [5.74, 6) is 0.795. The molecule has 0 aliphatic heterocycles. The Labute approximate surface area is 117 Å². The minimum atomic E-state index is -0.431. The number of ether oxygens (including phenoxy) is 1. The lowest BCUT2D eigenvalue weighted by atomic mass is 9.92. The third-order valence-electron chi connectivity index (χ3n) is 3.45. The first-order valence-electron chi connectivity index (χ1n) is 6.42. The quantitative estimate of drug-likeness (QED) is 0.876. The largest absolute Gasteiger partial charge is 0.491 e. The summed E-state index contributed by atoms with van der Waals surface area (Å²) in [5.41, 5.74) is 0. The number of benzene rings is 1. The van der Waals surface area contributed by atoms with E-state index >= 15 is 0 Å². The molecule has 0 bridgehead atoms. The van der Waals surface area contributed by atoms with Crippen LogP contribution in [0.4, 0.5) is 0 Å².